The lowest BCUT2D eigenvalue weighted by atomic mass is 10.0. The van der Waals surface area contributed by atoms with Crippen LogP contribution in [0.25, 0.3) is 11.1 Å². The van der Waals surface area contributed by atoms with Gasteiger partial charge in [-0.2, -0.15) is 0 Å². The molecule has 0 radical (unpaired) electrons. The molecule has 24 heavy (non-hydrogen) atoms. The van der Waals surface area contributed by atoms with Gasteiger partial charge in [-0.15, -0.1) is 0 Å². The van der Waals surface area contributed by atoms with Crippen molar-refractivity contribution in [1.82, 2.24) is 0 Å². The highest BCUT2D eigenvalue weighted by atomic mass is 16.5. The van der Waals surface area contributed by atoms with Crippen molar-refractivity contribution < 1.29 is 18.9 Å². The van der Waals surface area contributed by atoms with Gasteiger partial charge >= 0.3 is 0 Å². The Labute approximate surface area is 142 Å². The Morgan fingerprint density at radius 1 is 0.875 bits per heavy atom. The largest absolute Gasteiger partial charge is 0.493 e. The maximum Gasteiger partial charge on any atom is 0.203 e. The second-order valence-corrected chi connectivity index (χ2v) is 5.11. The van der Waals surface area contributed by atoms with Crippen LogP contribution < -0.4 is 25.3 Å². The quantitative estimate of drug-likeness (QED) is 0.572. The Bertz CT molecular complexity index is 689. The summed E-state index contributed by atoms with van der Waals surface area (Å²) in [4.78, 5) is 0. The number of ether oxygens (including phenoxy) is 4. The van der Waals surface area contributed by atoms with E-state index in [0.717, 1.165) is 16.8 Å². The van der Waals surface area contributed by atoms with Gasteiger partial charge in [0, 0.05) is 36.2 Å². The first kappa shape index (κ1) is 17.7. The molecule has 0 bridgehead atoms. The summed E-state index contributed by atoms with van der Waals surface area (Å²) in [6, 6.07) is 9.47. The summed E-state index contributed by atoms with van der Waals surface area (Å²) in [5, 5.41) is 3.35. The van der Waals surface area contributed by atoms with E-state index < -0.39 is 0 Å². The second-order valence-electron chi connectivity index (χ2n) is 5.11. The molecule has 0 aliphatic rings. The molecule has 0 spiro atoms. The first-order valence-corrected chi connectivity index (χ1v) is 7.57. The number of rotatable bonds is 8. The minimum atomic E-state index is 0.544. The van der Waals surface area contributed by atoms with Gasteiger partial charge in [0.15, 0.2) is 11.5 Å². The summed E-state index contributed by atoms with van der Waals surface area (Å²) >= 11 is 0. The van der Waals surface area contributed by atoms with Crippen LogP contribution in [0.4, 0.5) is 11.4 Å². The van der Waals surface area contributed by atoms with Crippen LogP contribution >= 0.6 is 0 Å². The van der Waals surface area contributed by atoms with Gasteiger partial charge in [-0.25, -0.2) is 0 Å². The molecule has 6 nitrogen and oxygen atoms in total. The van der Waals surface area contributed by atoms with Gasteiger partial charge in [-0.1, -0.05) is 0 Å². The Kier molecular flexibility index (Phi) is 6.14. The highest BCUT2D eigenvalue weighted by Crippen LogP contribution is 2.46. The minimum absolute atomic E-state index is 0.544. The maximum atomic E-state index is 5.99. The van der Waals surface area contributed by atoms with Crippen LogP contribution in [0.15, 0.2) is 30.3 Å². The summed E-state index contributed by atoms with van der Waals surface area (Å²) in [6.07, 6.45) is 0. The molecule has 130 valence electrons. The lowest BCUT2D eigenvalue weighted by Crippen LogP contribution is -2.09. The van der Waals surface area contributed by atoms with Crippen LogP contribution in [0.1, 0.15) is 0 Å². The SMILES string of the molecule is COCCNc1ccc(N)cc1-c1ccc(OC)c(OC)c1OC. The van der Waals surface area contributed by atoms with Crippen molar-refractivity contribution >= 4 is 11.4 Å². The van der Waals surface area contributed by atoms with E-state index in [-0.39, 0.29) is 0 Å². The molecule has 2 aromatic carbocycles. The van der Waals surface area contributed by atoms with Crippen molar-refractivity contribution in [2.24, 2.45) is 0 Å². The Balaban J connectivity index is 2.56. The molecule has 0 aliphatic heterocycles. The van der Waals surface area contributed by atoms with E-state index in [0.29, 0.717) is 36.1 Å². The zero-order chi connectivity index (χ0) is 17.5. The average Bonchev–Trinajstić information content (AvgIpc) is 2.61. The number of benzene rings is 2. The van der Waals surface area contributed by atoms with Gasteiger partial charge in [0.05, 0.1) is 27.9 Å². The fraction of sp³-hybridized carbons (Fsp3) is 0.333. The average molecular weight is 332 g/mol. The van der Waals surface area contributed by atoms with Crippen LogP contribution in [0, 0.1) is 0 Å². The number of nitrogens with one attached hydrogen (secondary N) is 1. The van der Waals surface area contributed by atoms with Crippen LogP contribution in [0.2, 0.25) is 0 Å². The number of nitrogens with two attached hydrogens (primary N) is 1. The predicted octanol–water partition coefficient (Wildman–Crippen LogP) is 3.02. The highest BCUT2D eigenvalue weighted by Gasteiger charge is 2.19. The molecule has 0 atom stereocenters. The summed E-state index contributed by atoms with van der Waals surface area (Å²) in [7, 11) is 6.45. The molecule has 6 heteroatoms. The smallest absolute Gasteiger partial charge is 0.203 e. The van der Waals surface area contributed by atoms with Crippen molar-refractivity contribution in [3.8, 4) is 28.4 Å². The maximum absolute atomic E-state index is 5.99. The number of methoxy groups -OCH3 is 4. The number of nitrogen functional groups attached to an aromatic ring is 1. The third-order valence-electron chi connectivity index (χ3n) is 3.66. The van der Waals surface area contributed by atoms with E-state index in [1.54, 1.807) is 28.4 Å². The number of hydrogen-bond acceptors (Lipinski definition) is 6. The molecule has 0 saturated carbocycles. The monoisotopic (exact) mass is 332 g/mol. The van der Waals surface area contributed by atoms with Crippen molar-refractivity contribution in [2.75, 3.05) is 52.6 Å². The molecular formula is C18H24N2O4. The number of hydrogen-bond donors (Lipinski definition) is 2. The van der Waals surface area contributed by atoms with E-state index in [4.69, 9.17) is 24.7 Å². The fourth-order valence-electron chi connectivity index (χ4n) is 2.54. The molecule has 0 aliphatic carbocycles. The van der Waals surface area contributed by atoms with Gasteiger partial charge in [0.25, 0.3) is 0 Å². The fourth-order valence-corrected chi connectivity index (χ4v) is 2.54. The molecule has 0 aromatic heterocycles. The highest BCUT2D eigenvalue weighted by molar-refractivity contribution is 5.86. The Morgan fingerprint density at radius 3 is 2.25 bits per heavy atom. The van der Waals surface area contributed by atoms with Crippen LogP contribution in [0.3, 0.4) is 0 Å². The predicted molar refractivity (Wildman–Crippen MR) is 96.3 cm³/mol. The van der Waals surface area contributed by atoms with E-state index in [1.165, 1.54) is 0 Å². The topological polar surface area (TPSA) is 75.0 Å². The van der Waals surface area contributed by atoms with Crippen LogP contribution in [-0.4, -0.2) is 41.6 Å². The third-order valence-corrected chi connectivity index (χ3v) is 3.66. The van der Waals surface area contributed by atoms with Gasteiger partial charge in [-0.3, -0.25) is 0 Å². The van der Waals surface area contributed by atoms with Crippen molar-refractivity contribution in [1.29, 1.82) is 0 Å². The summed E-state index contributed by atoms with van der Waals surface area (Å²) in [5.74, 6) is 1.75. The van der Waals surface area contributed by atoms with Gasteiger partial charge in [-0.05, 0) is 30.3 Å². The zero-order valence-corrected chi connectivity index (χ0v) is 14.5. The summed E-state index contributed by atoms with van der Waals surface area (Å²) in [5.41, 5.74) is 9.37. The summed E-state index contributed by atoms with van der Waals surface area (Å²) < 4.78 is 21.5. The lowest BCUT2D eigenvalue weighted by Gasteiger charge is -2.18. The van der Waals surface area contributed by atoms with Crippen molar-refractivity contribution in [3.63, 3.8) is 0 Å². The minimum Gasteiger partial charge on any atom is -0.493 e. The normalized spacial score (nSPS) is 10.3. The third kappa shape index (κ3) is 3.65. The van der Waals surface area contributed by atoms with Gasteiger partial charge in [0.2, 0.25) is 5.75 Å². The Morgan fingerprint density at radius 2 is 1.62 bits per heavy atom. The van der Waals surface area contributed by atoms with Crippen molar-refractivity contribution in [2.45, 2.75) is 0 Å². The summed E-state index contributed by atoms with van der Waals surface area (Å²) in [6.45, 7) is 1.29. The van der Waals surface area contributed by atoms with E-state index in [2.05, 4.69) is 5.32 Å². The van der Waals surface area contributed by atoms with E-state index in [1.807, 2.05) is 30.3 Å². The molecule has 3 N–H and O–H groups in total. The van der Waals surface area contributed by atoms with Crippen LogP contribution in [0.5, 0.6) is 17.2 Å². The molecular weight excluding hydrogens is 308 g/mol. The second kappa shape index (κ2) is 8.31. The molecule has 0 unspecified atom stereocenters. The standard InChI is InChI=1S/C18H24N2O4/c1-21-10-9-20-15-7-5-12(19)11-14(15)13-6-8-16(22-2)18(24-4)17(13)23-3/h5-8,11,20H,9-10,19H2,1-4H3. The molecule has 0 saturated heterocycles. The molecule has 2 rings (SSSR count). The zero-order valence-electron chi connectivity index (χ0n) is 14.5. The Hall–Kier alpha value is -2.60. The van der Waals surface area contributed by atoms with Crippen molar-refractivity contribution in [3.05, 3.63) is 30.3 Å². The molecule has 0 fully saturated rings. The van der Waals surface area contributed by atoms with Crippen LogP contribution in [-0.2, 0) is 4.74 Å². The van der Waals surface area contributed by atoms with E-state index in [9.17, 15) is 0 Å². The van der Waals surface area contributed by atoms with Gasteiger partial charge < -0.3 is 30.0 Å². The lowest BCUT2D eigenvalue weighted by molar-refractivity contribution is 0.211. The molecule has 0 heterocycles. The molecule has 0 amide bonds. The first-order chi connectivity index (χ1) is 11.7. The number of anilines is 2. The van der Waals surface area contributed by atoms with Gasteiger partial charge in [0.1, 0.15) is 0 Å². The molecule has 2 aromatic rings. The van der Waals surface area contributed by atoms with E-state index >= 15 is 0 Å². The first-order valence-electron chi connectivity index (χ1n) is 7.57.